The molecule has 1 aromatic heterocycles. The van der Waals surface area contributed by atoms with Gasteiger partial charge < -0.3 is 11.1 Å². The Morgan fingerprint density at radius 1 is 1.62 bits per heavy atom. The summed E-state index contributed by atoms with van der Waals surface area (Å²) in [6, 6.07) is 0. The van der Waals surface area contributed by atoms with Gasteiger partial charge in [-0.25, -0.2) is 9.67 Å². The third-order valence-electron chi connectivity index (χ3n) is 2.07. The van der Waals surface area contributed by atoms with Crippen molar-refractivity contribution in [2.75, 3.05) is 6.54 Å². The summed E-state index contributed by atoms with van der Waals surface area (Å²) in [7, 11) is 0. The van der Waals surface area contributed by atoms with Crippen LogP contribution in [0.4, 0.5) is 0 Å². The van der Waals surface area contributed by atoms with Crippen LogP contribution < -0.4 is 11.1 Å². The number of aromatic nitrogens is 3. The molecule has 1 aromatic rings. The Morgan fingerprint density at radius 3 is 3.00 bits per heavy atom. The Morgan fingerprint density at radius 2 is 2.38 bits per heavy atom. The minimum Gasteiger partial charge on any atom is -0.370 e. The van der Waals surface area contributed by atoms with Crippen LogP contribution in [0.15, 0.2) is 6.33 Å². The fourth-order valence-electron chi connectivity index (χ4n) is 1.34. The van der Waals surface area contributed by atoms with E-state index in [0.717, 1.165) is 12.4 Å². The van der Waals surface area contributed by atoms with Gasteiger partial charge in [0.15, 0.2) is 0 Å². The van der Waals surface area contributed by atoms with Crippen LogP contribution in [0.3, 0.4) is 0 Å². The van der Waals surface area contributed by atoms with Crippen molar-refractivity contribution in [1.82, 2.24) is 20.1 Å². The van der Waals surface area contributed by atoms with E-state index in [0.29, 0.717) is 25.4 Å². The third-order valence-corrected chi connectivity index (χ3v) is 2.07. The number of rotatable bonds is 7. The molecule has 0 radical (unpaired) electrons. The van der Waals surface area contributed by atoms with Gasteiger partial charge in [0.05, 0.1) is 6.54 Å². The van der Waals surface area contributed by atoms with Crippen LogP contribution in [-0.4, -0.2) is 27.2 Å². The van der Waals surface area contributed by atoms with Gasteiger partial charge in [-0.1, -0.05) is 13.8 Å². The Kier molecular flexibility index (Phi) is 4.91. The molecule has 3 N–H and O–H groups in total. The highest BCUT2D eigenvalue weighted by Crippen LogP contribution is 2.00. The molecule has 1 heterocycles. The summed E-state index contributed by atoms with van der Waals surface area (Å²) in [6.07, 6.45) is 1.89. The predicted octanol–water partition coefficient (Wildman–Crippen LogP) is -0.101. The third kappa shape index (κ3) is 4.39. The summed E-state index contributed by atoms with van der Waals surface area (Å²) in [6.45, 7) is 6.30. The van der Waals surface area contributed by atoms with Crippen LogP contribution in [0.5, 0.6) is 0 Å². The van der Waals surface area contributed by atoms with Crippen LogP contribution in [0.25, 0.3) is 0 Å². The molecule has 0 aromatic carbocycles. The van der Waals surface area contributed by atoms with Crippen molar-refractivity contribution in [3.63, 3.8) is 0 Å². The van der Waals surface area contributed by atoms with Gasteiger partial charge in [-0.2, -0.15) is 5.10 Å². The minimum atomic E-state index is -0.295. The van der Waals surface area contributed by atoms with E-state index in [1.165, 1.54) is 0 Å². The highest BCUT2D eigenvalue weighted by Gasteiger charge is 2.05. The summed E-state index contributed by atoms with van der Waals surface area (Å²) >= 11 is 0. The molecule has 6 heteroatoms. The zero-order valence-electron chi connectivity index (χ0n) is 9.81. The second kappa shape index (κ2) is 6.22. The van der Waals surface area contributed by atoms with Crippen molar-refractivity contribution in [3.05, 3.63) is 12.2 Å². The molecule has 0 unspecified atom stereocenters. The molecule has 16 heavy (non-hydrogen) atoms. The summed E-state index contributed by atoms with van der Waals surface area (Å²) < 4.78 is 1.88. The van der Waals surface area contributed by atoms with Crippen LogP contribution in [0.2, 0.25) is 0 Å². The van der Waals surface area contributed by atoms with Crippen molar-refractivity contribution in [3.8, 4) is 0 Å². The van der Waals surface area contributed by atoms with E-state index >= 15 is 0 Å². The smallest absolute Gasteiger partial charge is 0.218 e. The average molecular weight is 225 g/mol. The van der Waals surface area contributed by atoms with Crippen LogP contribution in [0, 0.1) is 5.92 Å². The number of nitrogens with two attached hydrogens (primary N) is 1. The van der Waals surface area contributed by atoms with E-state index in [2.05, 4.69) is 29.2 Å². The Balaban J connectivity index is 2.35. The quantitative estimate of drug-likeness (QED) is 0.634. The number of hydrogen-bond acceptors (Lipinski definition) is 4. The van der Waals surface area contributed by atoms with E-state index in [9.17, 15) is 4.79 Å². The zero-order chi connectivity index (χ0) is 12.0. The zero-order valence-corrected chi connectivity index (χ0v) is 9.81. The Hall–Kier alpha value is -1.43. The standard InChI is InChI=1S/C10H19N5O/c1-8(2)6-15-10(13-7-14-15)5-12-4-3-9(11)16/h7-8,12H,3-6H2,1-2H3,(H2,11,16). The van der Waals surface area contributed by atoms with Gasteiger partial charge in [0.25, 0.3) is 0 Å². The second-order valence-corrected chi connectivity index (χ2v) is 4.15. The fraction of sp³-hybridized carbons (Fsp3) is 0.700. The van der Waals surface area contributed by atoms with Crippen molar-refractivity contribution >= 4 is 5.91 Å². The lowest BCUT2D eigenvalue weighted by molar-refractivity contribution is -0.117. The number of hydrogen-bond donors (Lipinski definition) is 2. The van der Waals surface area contributed by atoms with Crippen LogP contribution in [0.1, 0.15) is 26.1 Å². The number of amides is 1. The highest BCUT2D eigenvalue weighted by molar-refractivity contribution is 5.73. The minimum absolute atomic E-state index is 0.295. The second-order valence-electron chi connectivity index (χ2n) is 4.15. The molecule has 0 saturated carbocycles. The Labute approximate surface area is 95.2 Å². The normalized spacial score (nSPS) is 10.9. The lowest BCUT2D eigenvalue weighted by Crippen LogP contribution is -2.23. The molecule has 0 spiro atoms. The molecule has 0 fully saturated rings. The topological polar surface area (TPSA) is 85.8 Å². The maximum atomic E-state index is 10.5. The van der Waals surface area contributed by atoms with E-state index in [1.54, 1.807) is 6.33 Å². The summed E-state index contributed by atoms with van der Waals surface area (Å²) in [5.41, 5.74) is 5.04. The van der Waals surface area contributed by atoms with Gasteiger partial charge in [-0.3, -0.25) is 4.79 Å². The number of nitrogens with one attached hydrogen (secondary N) is 1. The van der Waals surface area contributed by atoms with Crippen molar-refractivity contribution in [1.29, 1.82) is 0 Å². The lowest BCUT2D eigenvalue weighted by Gasteiger charge is -2.08. The molecule has 0 atom stereocenters. The van der Waals surface area contributed by atoms with Crippen LogP contribution in [-0.2, 0) is 17.9 Å². The average Bonchev–Trinajstić information content (AvgIpc) is 2.59. The summed E-state index contributed by atoms with van der Waals surface area (Å²) in [5, 5.41) is 7.25. The van der Waals surface area contributed by atoms with E-state index < -0.39 is 0 Å². The molecule has 0 aliphatic rings. The maximum absolute atomic E-state index is 10.5. The van der Waals surface area contributed by atoms with Gasteiger partial charge in [0.2, 0.25) is 5.91 Å². The van der Waals surface area contributed by atoms with Gasteiger partial charge >= 0.3 is 0 Å². The highest BCUT2D eigenvalue weighted by atomic mass is 16.1. The van der Waals surface area contributed by atoms with Gasteiger partial charge in [-0.15, -0.1) is 0 Å². The van der Waals surface area contributed by atoms with Crippen molar-refractivity contribution in [2.24, 2.45) is 11.7 Å². The fourth-order valence-corrected chi connectivity index (χ4v) is 1.34. The van der Waals surface area contributed by atoms with E-state index in [-0.39, 0.29) is 5.91 Å². The molecule has 6 nitrogen and oxygen atoms in total. The van der Waals surface area contributed by atoms with Gasteiger partial charge in [0, 0.05) is 19.5 Å². The molecular formula is C10H19N5O. The largest absolute Gasteiger partial charge is 0.370 e. The van der Waals surface area contributed by atoms with Crippen molar-refractivity contribution in [2.45, 2.75) is 33.4 Å². The number of carbonyl (C=O) groups excluding carboxylic acids is 1. The maximum Gasteiger partial charge on any atom is 0.218 e. The summed E-state index contributed by atoms with van der Waals surface area (Å²) in [5.74, 6) is 1.13. The molecule has 0 bridgehead atoms. The number of primary amides is 1. The first-order valence-corrected chi connectivity index (χ1v) is 5.45. The first-order chi connectivity index (χ1) is 7.59. The van der Waals surface area contributed by atoms with Crippen LogP contribution >= 0.6 is 0 Å². The molecule has 1 rings (SSSR count). The SMILES string of the molecule is CC(C)Cn1ncnc1CNCCC(N)=O. The Bertz CT molecular complexity index is 334. The molecule has 0 saturated heterocycles. The molecular weight excluding hydrogens is 206 g/mol. The van der Waals surface area contributed by atoms with Gasteiger partial charge in [0.1, 0.15) is 12.2 Å². The van der Waals surface area contributed by atoms with E-state index in [1.807, 2.05) is 4.68 Å². The van der Waals surface area contributed by atoms with Gasteiger partial charge in [-0.05, 0) is 5.92 Å². The number of nitrogens with zero attached hydrogens (tertiary/aromatic N) is 3. The lowest BCUT2D eigenvalue weighted by atomic mass is 10.2. The molecule has 90 valence electrons. The molecule has 1 amide bonds. The first-order valence-electron chi connectivity index (χ1n) is 5.45. The predicted molar refractivity (Wildman–Crippen MR) is 60.4 cm³/mol. The monoisotopic (exact) mass is 225 g/mol. The summed E-state index contributed by atoms with van der Waals surface area (Å²) in [4.78, 5) is 14.7. The van der Waals surface area contributed by atoms with E-state index in [4.69, 9.17) is 5.73 Å². The number of carbonyl (C=O) groups is 1. The molecule has 0 aliphatic carbocycles. The molecule has 0 aliphatic heterocycles. The van der Waals surface area contributed by atoms with Crippen molar-refractivity contribution < 1.29 is 4.79 Å². The first kappa shape index (κ1) is 12.6.